The summed E-state index contributed by atoms with van der Waals surface area (Å²) in [5.41, 5.74) is 7.03. The molecule has 4 heteroatoms. The van der Waals surface area contributed by atoms with E-state index in [-0.39, 0.29) is 24.2 Å². The number of phenols is 1. The molecule has 0 aliphatic carbocycles. The molecule has 0 heterocycles. The van der Waals surface area contributed by atoms with Gasteiger partial charge in [0.2, 0.25) is 0 Å². The van der Waals surface area contributed by atoms with Crippen molar-refractivity contribution in [2.75, 3.05) is 0 Å². The molecule has 0 spiro atoms. The van der Waals surface area contributed by atoms with Gasteiger partial charge in [-0.05, 0) is 37.1 Å². The third kappa shape index (κ3) is 2.87. The number of benzene rings is 1. The molecular formula is C10H16ClNO2. The van der Waals surface area contributed by atoms with Gasteiger partial charge in [-0.25, -0.2) is 0 Å². The molecule has 0 amide bonds. The summed E-state index contributed by atoms with van der Waals surface area (Å²) >= 11 is 0. The van der Waals surface area contributed by atoms with E-state index in [0.717, 1.165) is 11.1 Å². The van der Waals surface area contributed by atoms with E-state index in [0.29, 0.717) is 0 Å². The number of aliphatic hydroxyl groups excluding tert-OH is 1. The Kier molecular flexibility index (Phi) is 4.91. The molecule has 0 saturated carbocycles. The van der Waals surface area contributed by atoms with Gasteiger partial charge in [-0.15, -0.1) is 12.4 Å². The summed E-state index contributed by atoms with van der Waals surface area (Å²) in [6.07, 6.45) is -0.667. The molecule has 3 nitrogen and oxygen atoms in total. The van der Waals surface area contributed by atoms with Crippen LogP contribution in [0.1, 0.15) is 24.2 Å². The molecule has 0 radical (unpaired) electrons. The van der Waals surface area contributed by atoms with Crippen LogP contribution in [-0.4, -0.2) is 16.3 Å². The van der Waals surface area contributed by atoms with Crippen LogP contribution in [0.25, 0.3) is 0 Å². The SMILES string of the molecule is Cc1cc(C(O)C(C)N)ccc1O.Cl. The maximum Gasteiger partial charge on any atom is 0.118 e. The topological polar surface area (TPSA) is 66.5 Å². The Hall–Kier alpha value is -0.770. The van der Waals surface area contributed by atoms with Crippen LogP contribution < -0.4 is 5.73 Å². The van der Waals surface area contributed by atoms with Crippen molar-refractivity contribution in [3.63, 3.8) is 0 Å². The number of hydrogen-bond donors (Lipinski definition) is 3. The fraction of sp³-hybridized carbons (Fsp3) is 0.400. The first-order chi connectivity index (χ1) is 6.02. The lowest BCUT2D eigenvalue weighted by atomic mass is 10.0. The van der Waals surface area contributed by atoms with Crippen LogP contribution in [0.5, 0.6) is 5.75 Å². The molecule has 2 unspecified atom stereocenters. The number of halogens is 1. The van der Waals surface area contributed by atoms with Gasteiger partial charge in [-0.3, -0.25) is 0 Å². The first kappa shape index (κ1) is 13.2. The molecule has 0 aromatic heterocycles. The molecule has 0 aliphatic heterocycles. The van der Waals surface area contributed by atoms with E-state index in [4.69, 9.17) is 5.73 Å². The van der Waals surface area contributed by atoms with Crippen molar-refractivity contribution in [1.29, 1.82) is 0 Å². The van der Waals surface area contributed by atoms with Gasteiger partial charge >= 0.3 is 0 Å². The molecule has 1 aromatic rings. The molecule has 80 valence electrons. The van der Waals surface area contributed by atoms with Crippen molar-refractivity contribution in [2.45, 2.75) is 26.0 Å². The zero-order valence-electron chi connectivity index (χ0n) is 8.27. The van der Waals surface area contributed by atoms with Gasteiger partial charge in [0.15, 0.2) is 0 Å². The Morgan fingerprint density at radius 1 is 1.36 bits per heavy atom. The molecule has 2 atom stereocenters. The average molecular weight is 218 g/mol. The van der Waals surface area contributed by atoms with Crippen molar-refractivity contribution in [3.8, 4) is 5.75 Å². The summed E-state index contributed by atoms with van der Waals surface area (Å²) in [5, 5.41) is 18.9. The average Bonchev–Trinajstić information content (AvgIpc) is 2.08. The Morgan fingerprint density at radius 2 is 1.93 bits per heavy atom. The lowest BCUT2D eigenvalue weighted by molar-refractivity contribution is 0.153. The molecule has 0 saturated heterocycles. The summed E-state index contributed by atoms with van der Waals surface area (Å²) in [7, 11) is 0. The van der Waals surface area contributed by atoms with Crippen LogP contribution in [0.2, 0.25) is 0 Å². The molecule has 4 N–H and O–H groups in total. The fourth-order valence-electron chi connectivity index (χ4n) is 1.17. The van der Waals surface area contributed by atoms with E-state index in [1.54, 1.807) is 32.0 Å². The van der Waals surface area contributed by atoms with Crippen LogP contribution in [0.3, 0.4) is 0 Å². The summed E-state index contributed by atoms with van der Waals surface area (Å²) in [6.45, 7) is 3.53. The highest BCUT2D eigenvalue weighted by atomic mass is 35.5. The van der Waals surface area contributed by atoms with Crippen molar-refractivity contribution in [1.82, 2.24) is 0 Å². The maximum absolute atomic E-state index is 9.61. The third-order valence-corrected chi connectivity index (χ3v) is 2.06. The highest BCUT2D eigenvalue weighted by Crippen LogP contribution is 2.22. The van der Waals surface area contributed by atoms with Gasteiger partial charge in [0, 0.05) is 6.04 Å². The lowest BCUT2D eigenvalue weighted by Crippen LogP contribution is -2.24. The molecule has 1 aromatic carbocycles. The minimum atomic E-state index is -0.667. The number of nitrogens with two attached hydrogens (primary N) is 1. The van der Waals surface area contributed by atoms with Crippen LogP contribution in [0.4, 0.5) is 0 Å². The van der Waals surface area contributed by atoms with Crippen molar-refractivity contribution < 1.29 is 10.2 Å². The summed E-state index contributed by atoms with van der Waals surface area (Å²) < 4.78 is 0. The van der Waals surface area contributed by atoms with Crippen molar-refractivity contribution in [3.05, 3.63) is 29.3 Å². The highest BCUT2D eigenvalue weighted by Gasteiger charge is 2.12. The van der Waals surface area contributed by atoms with Crippen LogP contribution in [-0.2, 0) is 0 Å². The van der Waals surface area contributed by atoms with Gasteiger partial charge in [0.05, 0.1) is 6.10 Å². The number of hydrogen-bond acceptors (Lipinski definition) is 3. The van der Waals surface area contributed by atoms with Gasteiger partial charge in [-0.2, -0.15) is 0 Å². The highest BCUT2D eigenvalue weighted by molar-refractivity contribution is 5.85. The second-order valence-electron chi connectivity index (χ2n) is 3.35. The van der Waals surface area contributed by atoms with E-state index in [9.17, 15) is 10.2 Å². The number of phenolic OH excluding ortho intramolecular Hbond substituents is 1. The Labute approximate surface area is 90.0 Å². The van der Waals surface area contributed by atoms with Gasteiger partial charge in [-0.1, -0.05) is 6.07 Å². The number of aryl methyl sites for hydroxylation is 1. The summed E-state index contributed by atoms with van der Waals surface area (Å²) in [5.74, 6) is 0.237. The quantitative estimate of drug-likeness (QED) is 0.704. The molecular weight excluding hydrogens is 202 g/mol. The summed E-state index contributed by atoms with van der Waals surface area (Å²) in [6, 6.07) is 4.68. The number of rotatable bonds is 2. The predicted molar refractivity (Wildman–Crippen MR) is 58.7 cm³/mol. The van der Waals surface area contributed by atoms with E-state index in [1.165, 1.54) is 0 Å². The van der Waals surface area contributed by atoms with E-state index in [1.807, 2.05) is 0 Å². The molecule has 0 bridgehead atoms. The minimum absolute atomic E-state index is 0. The van der Waals surface area contributed by atoms with Gasteiger partial charge < -0.3 is 15.9 Å². The number of aliphatic hydroxyl groups is 1. The molecule has 0 fully saturated rings. The van der Waals surface area contributed by atoms with Crippen molar-refractivity contribution >= 4 is 12.4 Å². The monoisotopic (exact) mass is 217 g/mol. The summed E-state index contributed by atoms with van der Waals surface area (Å²) in [4.78, 5) is 0. The maximum atomic E-state index is 9.61. The molecule has 14 heavy (non-hydrogen) atoms. The third-order valence-electron chi connectivity index (χ3n) is 2.06. The van der Waals surface area contributed by atoms with E-state index < -0.39 is 6.10 Å². The normalized spacial score (nSPS) is 14.3. The smallest absolute Gasteiger partial charge is 0.118 e. The van der Waals surface area contributed by atoms with Crippen LogP contribution in [0, 0.1) is 6.92 Å². The Balaban J connectivity index is 0.00000169. The van der Waals surface area contributed by atoms with Gasteiger partial charge in [0.25, 0.3) is 0 Å². The minimum Gasteiger partial charge on any atom is -0.508 e. The number of aromatic hydroxyl groups is 1. The second-order valence-corrected chi connectivity index (χ2v) is 3.35. The first-order valence-corrected chi connectivity index (χ1v) is 4.25. The zero-order valence-corrected chi connectivity index (χ0v) is 9.08. The Morgan fingerprint density at radius 3 is 2.36 bits per heavy atom. The van der Waals surface area contributed by atoms with Crippen LogP contribution >= 0.6 is 12.4 Å². The lowest BCUT2D eigenvalue weighted by Gasteiger charge is -2.15. The Bertz CT molecular complexity index is 302. The van der Waals surface area contributed by atoms with E-state index in [2.05, 4.69) is 0 Å². The zero-order chi connectivity index (χ0) is 10.0. The molecule has 0 aliphatic rings. The second kappa shape index (κ2) is 5.20. The van der Waals surface area contributed by atoms with Gasteiger partial charge in [0.1, 0.15) is 5.75 Å². The molecule has 1 rings (SSSR count). The van der Waals surface area contributed by atoms with Crippen molar-refractivity contribution in [2.24, 2.45) is 5.73 Å². The van der Waals surface area contributed by atoms with E-state index >= 15 is 0 Å². The largest absolute Gasteiger partial charge is 0.508 e. The first-order valence-electron chi connectivity index (χ1n) is 4.25. The predicted octanol–water partition coefficient (Wildman–Crippen LogP) is 1.50. The standard InChI is InChI=1S/C10H15NO2.ClH/c1-6-5-8(3-4-9(6)12)10(13)7(2)11;/h3-5,7,10,12-13H,11H2,1-2H3;1H. The fourth-order valence-corrected chi connectivity index (χ4v) is 1.17. The van der Waals surface area contributed by atoms with Crippen LogP contribution in [0.15, 0.2) is 18.2 Å².